The number of halogens is 1. The fraction of sp³-hybridized carbons (Fsp3) is 0.576. The van der Waals surface area contributed by atoms with Gasteiger partial charge in [0, 0.05) is 49.6 Å². The molecule has 1 amide bonds. The highest BCUT2D eigenvalue weighted by Crippen LogP contribution is 2.42. The van der Waals surface area contributed by atoms with Crippen molar-refractivity contribution in [1.82, 2.24) is 19.8 Å². The lowest BCUT2D eigenvalue weighted by molar-refractivity contribution is -0.128. The van der Waals surface area contributed by atoms with Crippen LogP contribution in [0.25, 0.3) is 0 Å². The van der Waals surface area contributed by atoms with E-state index in [-0.39, 0.29) is 23.9 Å². The Morgan fingerprint density at radius 3 is 2.95 bits per heavy atom. The van der Waals surface area contributed by atoms with Gasteiger partial charge in [0.25, 0.3) is 0 Å². The van der Waals surface area contributed by atoms with Crippen molar-refractivity contribution in [3.63, 3.8) is 0 Å². The van der Waals surface area contributed by atoms with E-state index in [1.165, 1.54) is 28.6 Å². The molecule has 5 aliphatic heterocycles. The summed E-state index contributed by atoms with van der Waals surface area (Å²) in [5, 5.41) is 9.56. The summed E-state index contributed by atoms with van der Waals surface area (Å²) in [4.78, 5) is 32.6. The first kappa shape index (κ1) is 29.4. The molecule has 232 valence electrons. The molecule has 0 saturated carbocycles. The topological polar surface area (TPSA) is 88.8 Å². The van der Waals surface area contributed by atoms with Gasteiger partial charge >= 0.3 is 6.01 Å². The smallest absolute Gasteiger partial charge is 0.318 e. The molecule has 6 heterocycles. The van der Waals surface area contributed by atoms with Crippen molar-refractivity contribution in [1.29, 1.82) is 5.26 Å². The van der Waals surface area contributed by atoms with Crippen LogP contribution >= 0.6 is 11.8 Å². The summed E-state index contributed by atoms with van der Waals surface area (Å²) in [5.41, 5.74) is 4.46. The Morgan fingerprint density at radius 1 is 1.18 bits per heavy atom. The molecule has 0 aliphatic carbocycles. The first-order valence-electron chi connectivity index (χ1n) is 15.9. The number of carbonyl (C=O) groups is 1. The first-order chi connectivity index (χ1) is 21.5. The van der Waals surface area contributed by atoms with E-state index < -0.39 is 6.17 Å². The van der Waals surface area contributed by atoms with Crippen LogP contribution in [-0.4, -0.2) is 95.1 Å². The summed E-state index contributed by atoms with van der Waals surface area (Å²) in [6, 6.07) is 8.98. The van der Waals surface area contributed by atoms with Gasteiger partial charge in [-0.1, -0.05) is 18.7 Å². The number of aryl methyl sites for hydroxylation is 1. The van der Waals surface area contributed by atoms with Crippen molar-refractivity contribution < 1.29 is 13.9 Å². The summed E-state index contributed by atoms with van der Waals surface area (Å²) in [7, 11) is 0. The third kappa shape index (κ3) is 5.40. The number of fused-ring (bicyclic) bond motifs is 3. The van der Waals surface area contributed by atoms with Crippen LogP contribution in [0.1, 0.15) is 48.9 Å². The molecule has 0 N–H and O–H groups in total. The predicted molar refractivity (Wildman–Crippen MR) is 169 cm³/mol. The van der Waals surface area contributed by atoms with Crippen molar-refractivity contribution in [3.8, 4) is 12.1 Å². The lowest BCUT2D eigenvalue weighted by Crippen LogP contribution is -2.55. The largest absolute Gasteiger partial charge is 0.461 e. The van der Waals surface area contributed by atoms with Crippen LogP contribution in [0.2, 0.25) is 0 Å². The van der Waals surface area contributed by atoms with E-state index in [2.05, 4.69) is 45.5 Å². The van der Waals surface area contributed by atoms with Crippen molar-refractivity contribution in [2.24, 2.45) is 0 Å². The number of nitrogens with zero attached hydrogens (tertiary/aromatic N) is 7. The van der Waals surface area contributed by atoms with Gasteiger partial charge in [0.05, 0.1) is 42.0 Å². The van der Waals surface area contributed by atoms with E-state index in [9.17, 15) is 14.4 Å². The van der Waals surface area contributed by atoms with E-state index in [4.69, 9.17) is 14.7 Å². The normalized spacial score (nSPS) is 26.5. The highest BCUT2D eigenvalue weighted by Gasteiger charge is 2.49. The Bertz CT molecular complexity index is 1480. The maximum atomic E-state index is 14.5. The number of piperazine rings is 1. The molecule has 1 aromatic heterocycles. The zero-order chi connectivity index (χ0) is 30.3. The van der Waals surface area contributed by atoms with Gasteiger partial charge in [-0.2, -0.15) is 15.2 Å². The summed E-state index contributed by atoms with van der Waals surface area (Å²) < 4.78 is 20.9. The van der Waals surface area contributed by atoms with Crippen LogP contribution in [0.15, 0.2) is 35.7 Å². The van der Waals surface area contributed by atoms with Gasteiger partial charge in [-0.05, 0) is 62.1 Å². The van der Waals surface area contributed by atoms with Gasteiger partial charge in [0.15, 0.2) is 0 Å². The molecule has 0 spiro atoms. The van der Waals surface area contributed by atoms with Crippen LogP contribution in [-0.2, 0) is 24.2 Å². The Balaban J connectivity index is 1.21. The van der Waals surface area contributed by atoms with Gasteiger partial charge < -0.3 is 19.4 Å². The van der Waals surface area contributed by atoms with Crippen molar-refractivity contribution in [2.75, 3.05) is 61.4 Å². The number of amides is 1. The second-order valence-electron chi connectivity index (χ2n) is 12.7. The highest BCUT2D eigenvalue weighted by atomic mass is 32.2. The van der Waals surface area contributed by atoms with Crippen LogP contribution in [0.3, 0.4) is 0 Å². The lowest BCUT2D eigenvalue weighted by atomic mass is 9.95. The minimum absolute atomic E-state index is 0.151. The maximum absolute atomic E-state index is 14.5. The standard InChI is InChI=1S/C33H40FN7O2S/c1-2-29(42)41-16-15-39(20-25(41)9-12-35)31-26-10-14-38(28-8-3-6-23-7-4-17-44-30(23)28)21-27(26)36-32(37-31)43-22-33-11-5-13-40(33)19-24(34)18-33/h2-3,6,8,24-25H,1,4-5,7,9-11,13-22H2/t24-,25+,33?/m1/s1. The second kappa shape index (κ2) is 12.2. The summed E-state index contributed by atoms with van der Waals surface area (Å²) >= 11 is 1.95. The van der Waals surface area contributed by atoms with E-state index in [1.54, 1.807) is 4.90 Å². The van der Waals surface area contributed by atoms with Crippen molar-refractivity contribution >= 4 is 29.2 Å². The molecule has 9 nitrogen and oxygen atoms in total. The second-order valence-corrected chi connectivity index (χ2v) is 13.8. The molecule has 2 aromatic rings. The number of alkyl halides is 1. The molecule has 0 radical (unpaired) electrons. The van der Waals surface area contributed by atoms with E-state index >= 15 is 0 Å². The van der Waals surface area contributed by atoms with Crippen LogP contribution < -0.4 is 14.5 Å². The van der Waals surface area contributed by atoms with Gasteiger partial charge in [-0.25, -0.2) is 4.39 Å². The molecule has 5 aliphatic rings. The molecule has 7 rings (SSSR count). The van der Waals surface area contributed by atoms with E-state index in [0.717, 1.165) is 61.6 Å². The highest BCUT2D eigenvalue weighted by molar-refractivity contribution is 7.99. The zero-order valence-electron chi connectivity index (χ0n) is 25.2. The van der Waals surface area contributed by atoms with Crippen LogP contribution in [0.5, 0.6) is 6.01 Å². The Morgan fingerprint density at radius 2 is 2.09 bits per heavy atom. The Hall–Kier alpha value is -3.36. The first-order valence-corrected chi connectivity index (χ1v) is 16.9. The Kier molecular flexibility index (Phi) is 8.14. The quantitative estimate of drug-likeness (QED) is 0.425. The molecule has 1 unspecified atom stereocenters. The fourth-order valence-corrected chi connectivity index (χ4v) is 9.12. The Labute approximate surface area is 263 Å². The number of anilines is 2. The molecule has 44 heavy (non-hydrogen) atoms. The van der Waals surface area contributed by atoms with Gasteiger partial charge in [-0.3, -0.25) is 9.69 Å². The number of rotatable bonds is 7. The molecule has 0 bridgehead atoms. The number of hydrogen-bond acceptors (Lipinski definition) is 9. The number of carbonyl (C=O) groups excluding carboxylic acids is 1. The average molecular weight is 618 g/mol. The molecule has 3 saturated heterocycles. The van der Waals surface area contributed by atoms with Gasteiger partial charge in [0.2, 0.25) is 5.91 Å². The third-order valence-corrected chi connectivity index (χ3v) is 11.3. The van der Waals surface area contributed by atoms with Gasteiger partial charge in [0.1, 0.15) is 18.6 Å². The fourth-order valence-electron chi connectivity index (χ4n) is 7.92. The summed E-state index contributed by atoms with van der Waals surface area (Å²) in [6.45, 7) is 8.50. The maximum Gasteiger partial charge on any atom is 0.318 e. The van der Waals surface area contributed by atoms with Crippen molar-refractivity contribution in [2.45, 2.75) is 74.1 Å². The monoisotopic (exact) mass is 617 g/mol. The number of hydrogen-bond donors (Lipinski definition) is 0. The lowest BCUT2D eigenvalue weighted by Gasteiger charge is -2.42. The van der Waals surface area contributed by atoms with Crippen molar-refractivity contribution in [3.05, 3.63) is 47.7 Å². The summed E-state index contributed by atoms with van der Waals surface area (Å²) in [5.74, 6) is 1.82. The number of benzene rings is 1. The average Bonchev–Trinajstić information content (AvgIpc) is 3.58. The minimum Gasteiger partial charge on any atom is -0.461 e. The summed E-state index contributed by atoms with van der Waals surface area (Å²) in [6.07, 6.45) is 6.31. The number of aromatic nitrogens is 2. The third-order valence-electron chi connectivity index (χ3n) is 10.1. The minimum atomic E-state index is -0.825. The molecular formula is C33H40FN7O2S. The molecular weight excluding hydrogens is 577 g/mol. The number of nitriles is 1. The van der Waals surface area contributed by atoms with Crippen LogP contribution in [0, 0.1) is 11.3 Å². The van der Waals surface area contributed by atoms with E-state index in [1.807, 2.05) is 11.8 Å². The molecule has 3 atom stereocenters. The number of thioether (sulfide) groups is 1. The van der Waals surface area contributed by atoms with Gasteiger partial charge in [-0.15, -0.1) is 11.8 Å². The molecule has 3 fully saturated rings. The van der Waals surface area contributed by atoms with Crippen LogP contribution in [0.4, 0.5) is 15.9 Å². The van der Waals surface area contributed by atoms with E-state index in [0.29, 0.717) is 51.8 Å². The molecule has 1 aromatic carbocycles. The predicted octanol–water partition coefficient (Wildman–Crippen LogP) is 4.15. The number of ether oxygens (including phenoxy) is 1. The SMILES string of the molecule is C=CC(=O)N1CCN(c2nc(OCC34CCCN3C[C@H](F)C4)nc3c2CCN(c2cccc4c2SCCC4)C3)C[C@@H]1CC#N. The molecule has 11 heteroatoms. The zero-order valence-corrected chi connectivity index (χ0v) is 26.0.